The number of halogens is 1. The van der Waals surface area contributed by atoms with E-state index in [-0.39, 0.29) is 6.61 Å². The molecule has 2 rings (SSSR count). The van der Waals surface area contributed by atoms with E-state index in [0.29, 0.717) is 0 Å². The van der Waals surface area contributed by atoms with Crippen molar-refractivity contribution in [3.05, 3.63) is 28.8 Å². The van der Waals surface area contributed by atoms with Crippen molar-refractivity contribution in [1.29, 1.82) is 0 Å². The largest absolute Gasteiger partial charge is 0.392 e. The number of hydrogen-bond acceptors (Lipinski definition) is 2. The molecule has 0 aromatic heterocycles. The van der Waals surface area contributed by atoms with Crippen molar-refractivity contribution in [3.63, 3.8) is 0 Å². The van der Waals surface area contributed by atoms with E-state index in [4.69, 9.17) is 16.7 Å². The van der Waals surface area contributed by atoms with Crippen molar-refractivity contribution >= 4 is 17.3 Å². The maximum Gasteiger partial charge on any atom is 0.0682 e. The van der Waals surface area contributed by atoms with Crippen LogP contribution in [-0.4, -0.2) is 18.2 Å². The second-order valence-electron chi connectivity index (χ2n) is 4.97. The minimum atomic E-state index is 0.0526. The summed E-state index contributed by atoms with van der Waals surface area (Å²) in [4.78, 5) is 2.37. The first-order valence-electron chi connectivity index (χ1n) is 6.35. The lowest BCUT2D eigenvalue weighted by molar-refractivity contribution is 0.282. The molecule has 1 aliphatic rings. The number of anilines is 1. The zero-order chi connectivity index (χ0) is 12.3. The molecule has 0 spiro atoms. The number of rotatable bonds is 2. The van der Waals surface area contributed by atoms with Crippen LogP contribution in [0, 0.1) is 5.92 Å². The quantitative estimate of drug-likeness (QED) is 0.873. The van der Waals surface area contributed by atoms with Crippen molar-refractivity contribution in [1.82, 2.24) is 0 Å². The first-order chi connectivity index (χ1) is 8.20. The molecule has 1 heterocycles. The van der Waals surface area contributed by atoms with Gasteiger partial charge in [0.25, 0.3) is 0 Å². The van der Waals surface area contributed by atoms with Gasteiger partial charge in [-0.05, 0) is 42.9 Å². The monoisotopic (exact) mass is 253 g/mol. The van der Waals surface area contributed by atoms with Crippen LogP contribution in [0.3, 0.4) is 0 Å². The lowest BCUT2D eigenvalue weighted by Gasteiger charge is -2.24. The Labute approximate surface area is 108 Å². The molecule has 1 fully saturated rings. The van der Waals surface area contributed by atoms with E-state index in [0.717, 1.165) is 35.3 Å². The summed E-state index contributed by atoms with van der Waals surface area (Å²) in [5.41, 5.74) is 1.99. The molecule has 0 aliphatic carbocycles. The smallest absolute Gasteiger partial charge is 0.0682 e. The Hall–Kier alpha value is -0.730. The fourth-order valence-electron chi connectivity index (χ4n) is 2.41. The molecular formula is C14H20ClNO. The van der Waals surface area contributed by atoms with E-state index in [1.54, 1.807) is 0 Å². The van der Waals surface area contributed by atoms with Crippen LogP contribution in [0.4, 0.5) is 5.69 Å². The maximum absolute atomic E-state index is 9.07. The van der Waals surface area contributed by atoms with Crippen LogP contribution < -0.4 is 4.90 Å². The molecule has 0 bridgehead atoms. The Morgan fingerprint density at radius 1 is 1.35 bits per heavy atom. The molecule has 1 unspecified atom stereocenters. The van der Waals surface area contributed by atoms with Gasteiger partial charge in [0.1, 0.15) is 0 Å². The van der Waals surface area contributed by atoms with E-state index in [1.807, 2.05) is 18.2 Å². The molecular weight excluding hydrogens is 234 g/mol. The van der Waals surface area contributed by atoms with Gasteiger partial charge in [-0.2, -0.15) is 0 Å². The first-order valence-corrected chi connectivity index (χ1v) is 6.72. The number of aliphatic hydroxyl groups is 1. The number of hydrogen-bond donors (Lipinski definition) is 1. The summed E-state index contributed by atoms with van der Waals surface area (Å²) in [6, 6.07) is 5.85. The van der Waals surface area contributed by atoms with Gasteiger partial charge >= 0.3 is 0 Å². The van der Waals surface area contributed by atoms with E-state index < -0.39 is 0 Å². The van der Waals surface area contributed by atoms with E-state index in [2.05, 4.69) is 11.8 Å². The van der Waals surface area contributed by atoms with Crippen LogP contribution in [0.15, 0.2) is 18.2 Å². The average Bonchev–Trinajstić information content (AvgIpc) is 2.54. The Bertz CT molecular complexity index is 380. The van der Waals surface area contributed by atoms with E-state index in [1.165, 1.54) is 19.3 Å². The van der Waals surface area contributed by atoms with Gasteiger partial charge in [0.2, 0.25) is 0 Å². The molecule has 94 valence electrons. The predicted molar refractivity (Wildman–Crippen MR) is 72.6 cm³/mol. The van der Waals surface area contributed by atoms with Gasteiger partial charge in [-0.3, -0.25) is 0 Å². The molecule has 1 aliphatic heterocycles. The number of nitrogens with zero attached hydrogens (tertiary/aromatic N) is 1. The van der Waals surface area contributed by atoms with Crippen LogP contribution in [0.1, 0.15) is 31.7 Å². The summed E-state index contributed by atoms with van der Waals surface area (Å²) in [5.74, 6) is 0.815. The molecule has 1 aromatic rings. The lowest BCUT2D eigenvalue weighted by Crippen LogP contribution is -2.24. The summed E-state index contributed by atoms with van der Waals surface area (Å²) in [6.07, 6.45) is 3.78. The van der Waals surface area contributed by atoms with Crippen molar-refractivity contribution in [3.8, 4) is 0 Å². The zero-order valence-electron chi connectivity index (χ0n) is 10.3. The highest BCUT2D eigenvalue weighted by atomic mass is 35.5. The van der Waals surface area contributed by atoms with Gasteiger partial charge in [-0.15, -0.1) is 0 Å². The van der Waals surface area contributed by atoms with Crippen molar-refractivity contribution < 1.29 is 5.11 Å². The van der Waals surface area contributed by atoms with Gasteiger partial charge in [0.15, 0.2) is 0 Å². The fraction of sp³-hybridized carbons (Fsp3) is 0.571. The van der Waals surface area contributed by atoms with Crippen molar-refractivity contribution in [2.75, 3.05) is 18.0 Å². The second kappa shape index (κ2) is 5.74. The Morgan fingerprint density at radius 2 is 2.18 bits per heavy atom. The first kappa shape index (κ1) is 12.7. The topological polar surface area (TPSA) is 23.5 Å². The predicted octanol–water partition coefficient (Wildman–Crippen LogP) is 3.46. The molecule has 2 nitrogen and oxygen atoms in total. The maximum atomic E-state index is 9.07. The van der Waals surface area contributed by atoms with Crippen LogP contribution in [-0.2, 0) is 6.61 Å². The van der Waals surface area contributed by atoms with Gasteiger partial charge < -0.3 is 10.0 Å². The van der Waals surface area contributed by atoms with Crippen molar-refractivity contribution in [2.45, 2.75) is 32.8 Å². The molecule has 0 radical (unpaired) electrons. The van der Waals surface area contributed by atoms with Crippen molar-refractivity contribution in [2.24, 2.45) is 5.92 Å². The van der Waals surface area contributed by atoms with E-state index >= 15 is 0 Å². The minimum Gasteiger partial charge on any atom is -0.392 e. The summed E-state index contributed by atoms with van der Waals surface area (Å²) < 4.78 is 0. The third-order valence-corrected chi connectivity index (χ3v) is 3.85. The third kappa shape index (κ3) is 3.14. The molecule has 3 heteroatoms. The number of benzene rings is 1. The van der Waals surface area contributed by atoms with Crippen LogP contribution in [0.25, 0.3) is 0 Å². The van der Waals surface area contributed by atoms with Gasteiger partial charge in [0, 0.05) is 13.1 Å². The standard InChI is InChI=1S/C14H20ClNO/c1-11-3-2-7-16(8-6-11)14-5-4-12(10-17)9-13(14)15/h4-5,9,11,17H,2-3,6-8,10H2,1H3. The highest BCUT2D eigenvalue weighted by molar-refractivity contribution is 6.33. The van der Waals surface area contributed by atoms with Gasteiger partial charge in [0.05, 0.1) is 17.3 Å². The summed E-state index contributed by atoms with van der Waals surface area (Å²) in [6.45, 7) is 4.54. The van der Waals surface area contributed by atoms with Gasteiger partial charge in [-0.25, -0.2) is 0 Å². The molecule has 1 saturated heterocycles. The fourth-order valence-corrected chi connectivity index (χ4v) is 2.73. The SMILES string of the molecule is CC1CCCN(c2ccc(CO)cc2Cl)CC1. The Balaban J connectivity index is 2.15. The van der Waals surface area contributed by atoms with Crippen LogP contribution >= 0.6 is 11.6 Å². The molecule has 0 amide bonds. The highest BCUT2D eigenvalue weighted by Gasteiger charge is 2.16. The molecule has 0 saturated carbocycles. The zero-order valence-corrected chi connectivity index (χ0v) is 11.1. The lowest BCUT2D eigenvalue weighted by atomic mass is 10.0. The van der Waals surface area contributed by atoms with Gasteiger partial charge in [-0.1, -0.05) is 24.6 Å². The third-order valence-electron chi connectivity index (χ3n) is 3.55. The molecule has 1 aromatic carbocycles. The summed E-state index contributed by atoms with van der Waals surface area (Å²) in [7, 11) is 0. The Morgan fingerprint density at radius 3 is 2.88 bits per heavy atom. The molecule has 1 N–H and O–H groups in total. The van der Waals surface area contributed by atoms with E-state index in [9.17, 15) is 0 Å². The Kier molecular flexibility index (Phi) is 4.30. The molecule has 1 atom stereocenters. The molecule has 17 heavy (non-hydrogen) atoms. The average molecular weight is 254 g/mol. The highest BCUT2D eigenvalue weighted by Crippen LogP contribution is 2.29. The minimum absolute atomic E-state index is 0.0526. The van der Waals surface area contributed by atoms with Crippen LogP contribution in [0.2, 0.25) is 5.02 Å². The summed E-state index contributed by atoms with van der Waals surface area (Å²) >= 11 is 6.28. The number of aliphatic hydroxyl groups excluding tert-OH is 1. The normalized spacial score (nSPS) is 21.4. The summed E-state index contributed by atoms with van der Waals surface area (Å²) in [5, 5.41) is 9.83. The van der Waals surface area contributed by atoms with Crippen LogP contribution in [0.5, 0.6) is 0 Å². The second-order valence-corrected chi connectivity index (χ2v) is 5.37.